The molecule has 0 spiro atoms. The van der Waals surface area contributed by atoms with Crippen molar-refractivity contribution in [2.45, 2.75) is 25.7 Å². The fourth-order valence-electron chi connectivity index (χ4n) is 2.32. The zero-order valence-corrected chi connectivity index (χ0v) is 14.4. The fourth-order valence-corrected chi connectivity index (χ4v) is 2.32. The van der Waals surface area contributed by atoms with Crippen LogP contribution in [-0.4, -0.2) is 35.6 Å². The summed E-state index contributed by atoms with van der Waals surface area (Å²) in [6, 6.07) is 12.8. The van der Waals surface area contributed by atoms with Crippen LogP contribution < -0.4 is 10.1 Å². The smallest absolute Gasteiger partial charge is 0.407 e. The molecule has 2 aromatic carbocycles. The van der Waals surface area contributed by atoms with E-state index in [2.05, 4.69) is 5.32 Å². The molecule has 1 amide bonds. The van der Waals surface area contributed by atoms with Crippen molar-refractivity contribution in [2.24, 2.45) is 0 Å². The molecule has 0 saturated carbocycles. The normalized spacial score (nSPS) is 12.9. The number of carbonyl (C=O) groups is 1. The van der Waals surface area contributed by atoms with Gasteiger partial charge in [-0.1, -0.05) is 30.3 Å². The van der Waals surface area contributed by atoms with Crippen molar-refractivity contribution in [2.75, 3.05) is 13.2 Å². The maximum Gasteiger partial charge on any atom is 0.407 e. The number of hydrogen-bond donors (Lipinski definition) is 3. The molecule has 0 bridgehead atoms. The lowest BCUT2D eigenvalue weighted by molar-refractivity contribution is 0.0167. The van der Waals surface area contributed by atoms with Crippen LogP contribution in [0.15, 0.2) is 48.5 Å². The highest BCUT2D eigenvalue weighted by Crippen LogP contribution is 2.28. The second-order valence-corrected chi connectivity index (χ2v) is 5.57. The lowest BCUT2D eigenvalue weighted by atomic mass is 10.0. The summed E-state index contributed by atoms with van der Waals surface area (Å²) < 4.78 is 23.8. The lowest BCUT2D eigenvalue weighted by Crippen LogP contribution is -2.36. The van der Waals surface area contributed by atoms with E-state index in [0.717, 1.165) is 11.6 Å². The van der Waals surface area contributed by atoms with Crippen LogP contribution in [0.1, 0.15) is 24.2 Å². The van der Waals surface area contributed by atoms with Gasteiger partial charge in [0.05, 0.1) is 6.61 Å². The Balaban J connectivity index is 1.87. The third-order valence-corrected chi connectivity index (χ3v) is 3.62. The fraction of sp³-hybridized carbons (Fsp3) is 0.316. The highest BCUT2D eigenvalue weighted by molar-refractivity contribution is 5.67. The van der Waals surface area contributed by atoms with Crippen LogP contribution in [0.3, 0.4) is 0 Å². The highest BCUT2D eigenvalue weighted by atomic mass is 19.1. The quantitative estimate of drug-likeness (QED) is 0.671. The van der Waals surface area contributed by atoms with Crippen molar-refractivity contribution in [3.05, 3.63) is 65.5 Å². The van der Waals surface area contributed by atoms with Gasteiger partial charge in [-0.15, -0.1) is 0 Å². The molecule has 6 nitrogen and oxygen atoms in total. The monoisotopic (exact) mass is 363 g/mol. The maximum absolute atomic E-state index is 13.4. The average molecular weight is 363 g/mol. The molecule has 140 valence electrons. The minimum absolute atomic E-state index is 0.0870. The molecule has 0 aromatic heterocycles. The Labute approximate surface area is 151 Å². The van der Waals surface area contributed by atoms with Gasteiger partial charge in [-0.2, -0.15) is 0 Å². The standard InChI is InChI=1S/C19H22FNO5/c1-2-25-17-9-8-14(20)10-15(17)18(23)16(22)11-21-19(24)26-12-13-6-4-3-5-7-13/h3-10,16,18,22-23H,2,11-12H2,1H3,(H,21,24). The van der Waals surface area contributed by atoms with Crippen LogP contribution >= 0.6 is 0 Å². The van der Waals surface area contributed by atoms with E-state index < -0.39 is 24.1 Å². The zero-order valence-electron chi connectivity index (χ0n) is 14.4. The SMILES string of the molecule is CCOc1ccc(F)cc1C(O)C(O)CNC(=O)OCc1ccccc1. The Morgan fingerprint density at radius 1 is 1.19 bits per heavy atom. The van der Waals surface area contributed by atoms with Crippen LogP contribution in [0.2, 0.25) is 0 Å². The summed E-state index contributed by atoms with van der Waals surface area (Å²) >= 11 is 0. The van der Waals surface area contributed by atoms with Crippen molar-refractivity contribution in [1.82, 2.24) is 5.32 Å². The number of alkyl carbamates (subject to hydrolysis) is 1. The molecule has 2 atom stereocenters. The van der Waals surface area contributed by atoms with Crippen molar-refractivity contribution >= 4 is 6.09 Å². The number of aliphatic hydroxyl groups excluding tert-OH is 2. The van der Waals surface area contributed by atoms with Crippen LogP contribution in [0.4, 0.5) is 9.18 Å². The Morgan fingerprint density at radius 2 is 1.92 bits per heavy atom. The molecular weight excluding hydrogens is 341 g/mol. The molecule has 26 heavy (non-hydrogen) atoms. The first-order valence-electron chi connectivity index (χ1n) is 8.24. The number of ether oxygens (including phenoxy) is 2. The van der Waals surface area contributed by atoms with Gasteiger partial charge >= 0.3 is 6.09 Å². The van der Waals surface area contributed by atoms with Gasteiger partial charge in [-0.3, -0.25) is 0 Å². The zero-order chi connectivity index (χ0) is 18.9. The van der Waals surface area contributed by atoms with Gasteiger partial charge in [0.1, 0.15) is 30.4 Å². The maximum atomic E-state index is 13.4. The molecular formula is C19H22FNO5. The Hall–Kier alpha value is -2.64. The lowest BCUT2D eigenvalue weighted by Gasteiger charge is -2.21. The van der Waals surface area contributed by atoms with Crippen LogP contribution in [0, 0.1) is 5.82 Å². The van der Waals surface area contributed by atoms with Crippen molar-refractivity contribution in [1.29, 1.82) is 0 Å². The average Bonchev–Trinajstić information content (AvgIpc) is 2.66. The summed E-state index contributed by atoms with van der Waals surface area (Å²) in [5, 5.41) is 22.7. The number of hydrogen-bond acceptors (Lipinski definition) is 5. The molecule has 7 heteroatoms. The molecule has 0 heterocycles. The number of benzene rings is 2. The minimum atomic E-state index is -1.43. The van der Waals surface area contributed by atoms with E-state index in [-0.39, 0.29) is 24.5 Å². The van der Waals surface area contributed by atoms with Gasteiger partial charge in [0.25, 0.3) is 0 Å². The minimum Gasteiger partial charge on any atom is -0.493 e. The van der Waals surface area contributed by atoms with Gasteiger partial charge in [-0.25, -0.2) is 9.18 Å². The van der Waals surface area contributed by atoms with E-state index in [0.29, 0.717) is 6.61 Å². The summed E-state index contributed by atoms with van der Waals surface area (Å²) in [6.45, 7) is 1.90. The molecule has 3 N–H and O–H groups in total. The van der Waals surface area contributed by atoms with E-state index in [1.165, 1.54) is 12.1 Å². The van der Waals surface area contributed by atoms with Gasteiger partial charge in [0, 0.05) is 12.1 Å². The summed E-state index contributed by atoms with van der Waals surface area (Å²) in [6.07, 6.45) is -3.52. The third-order valence-electron chi connectivity index (χ3n) is 3.62. The van der Waals surface area contributed by atoms with Crippen LogP contribution in [0.25, 0.3) is 0 Å². The second kappa shape index (κ2) is 9.74. The van der Waals surface area contributed by atoms with Gasteiger partial charge < -0.3 is 25.0 Å². The molecule has 0 radical (unpaired) electrons. The van der Waals surface area contributed by atoms with Gasteiger partial charge in [-0.05, 0) is 30.7 Å². The van der Waals surface area contributed by atoms with E-state index >= 15 is 0 Å². The summed E-state index contributed by atoms with van der Waals surface area (Å²) in [4.78, 5) is 11.7. The van der Waals surface area contributed by atoms with E-state index in [9.17, 15) is 19.4 Å². The third kappa shape index (κ3) is 5.72. The summed E-state index contributed by atoms with van der Waals surface area (Å²) in [5.41, 5.74) is 0.933. The number of rotatable bonds is 8. The van der Waals surface area contributed by atoms with Crippen molar-refractivity contribution < 1.29 is 28.9 Å². The molecule has 0 aliphatic heterocycles. The highest BCUT2D eigenvalue weighted by Gasteiger charge is 2.23. The Kier molecular flexibility index (Phi) is 7.37. The van der Waals surface area contributed by atoms with Crippen molar-refractivity contribution in [3.63, 3.8) is 0 Å². The van der Waals surface area contributed by atoms with Crippen molar-refractivity contribution in [3.8, 4) is 5.75 Å². The molecule has 0 fully saturated rings. The van der Waals surface area contributed by atoms with Gasteiger partial charge in [0.15, 0.2) is 0 Å². The molecule has 0 aliphatic rings. The number of nitrogens with one attached hydrogen (secondary N) is 1. The first-order valence-corrected chi connectivity index (χ1v) is 8.24. The first kappa shape index (κ1) is 19.7. The van der Waals surface area contributed by atoms with E-state index in [1.54, 1.807) is 6.92 Å². The molecule has 2 aromatic rings. The molecule has 2 unspecified atom stereocenters. The predicted octanol–water partition coefficient (Wildman–Crippen LogP) is 2.55. The van der Waals surface area contributed by atoms with E-state index in [4.69, 9.17) is 9.47 Å². The second-order valence-electron chi connectivity index (χ2n) is 5.57. The Bertz CT molecular complexity index is 710. The first-order chi connectivity index (χ1) is 12.5. The summed E-state index contributed by atoms with van der Waals surface area (Å²) in [5.74, 6) is -0.294. The number of halogens is 1. The van der Waals surface area contributed by atoms with E-state index in [1.807, 2.05) is 30.3 Å². The topological polar surface area (TPSA) is 88.0 Å². The molecule has 0 saturated heterocycles. The number of aliphatic hydroxyl groups is 2. The van der Waals surface area contributed by atoms with Crippen LogP contribution in [-0.2, 0) is 11.3 Å². The van der Waals surface area contributed by atoms with Gasteiger partial charge in [0.2, 0.25) is 0 Å². The molecule has 0 aliphatic carbocycles. The number of amides is 1. The Morgan fingerprint density at radius 3 is 2.62 bits per heavy atom. The largest absolute Gasteiger partial charge is 0.493 e. The predicted molar refractivity (Wildman–Crippen MR) is 93.2 cm³/mol. The summed E-state index contributed by atoms with van der Waals surface area (Å²) in [7, 11) is 0. The molecule has 2 rings (SSSR count). The number of carbonyl (C=O) groups excluding carboxylic acids is 1. The van der Waals surface area contributed by atoms with Crippen LogP contribution in [0.5, 0.6) is 5.75 Å².